The molecule has 4 rings (SSSR count). The van der Waals surface area contributed by atoms with Gasteiger partial charge in [-0.05, 0) is 48.4 Å². The second-order valence-corrected chi connectivity index (χ2v) is 8.46. The zero-order chi connectivity index (χ0) is 21.3. The number of hydrogen-bond acceptors (Lipinski definition) is 5. The fourth-order valence-corrected chi connectivity index (χ4v) is 4.49. The highest BCUT2D eigenvalue weighted by atomic mass is 32.2. The number of carbonyl (C=O) groups is 1. The Balaban J connectivity index is 1.59. The minimum atomic E-state index is -3.94. The average Bonchev–Trinajstić information content (AvgIpc) is 3.17. The molecule has 3 aromatic rings. The molecule has 1 aliphatic rings. The third-order valence-corrected chi connectivity index (χ3v) is 6.21. The molecule has 152 valence electrons. The smallest absolute Gasteiger partial charge is 0.271 e. The average molecular weight is 423 g/mol. The number of rotatable bonds is 5. The Labute approximate surface area is 173 Å². The fraction of sp³-hybridized carbons (Fsp3) is 0.0952. The summed E-state index contributed by atoms with van der Waals surface area (Å²) in [4.78, 5) is 24.7. The summed E-state index contributed by atoms with van der Waals surface area (Å²) in [6.45, 7) is 0.463. The highest BCUT2D eigenvalue weighted by Crippen LogP contribution is 2.32. The number of benzene rings is 3. The molecular weight excluding hydrogens is 406 g/mol. The second kappa shape index (κ2) is 7.60. The molecule has 30 heavy (non-hydrogen) atoms. The molecule has 0 saturated heterocycles. The molecule has 8 nitrogen and oxygen atoms in total. The first-order valence-corrected chi connectivity index (χ1v) is 10.6. The lowest BCUT2D eigenvalue weighted by Crippen LogP contribution is -2.28. The number of amides is 1. The SMILES string of the molecule is O=C(c1ccccc1)N1CCc2cc(S(=O)(=O)Nc3cccc([N+](=O)[O-])c3)ccc21. The van der Waals surface area contributed by atoms with Gasteiger partial charge in [0.05, 0.1) is 15.5 Å². The Hall–Kier alpha value is -3.72. The molecule has 0 fully saturated rings. The minimum Gasteiger partial charge on any atom is -0.308 e. The van der Waals surface area contributed by atoms with Crippen molar-refractivity contribution < 1.29 is 18.1 Å². The molecule has 0 aromatic heterocycles. The number of non-ortho nitro benzene ring substituents is 1. The lowest BCUT2D eigenvalue weighted by atomic mass is 10.1. The Morgan fingerprint density at radius 1 is 1.00 bits per heavy atom. The van der Waals surface area contributed by atoms with Crippen LogP contribution in [0.2, 0.25) is 0 Å². The van der Waals surface area contributed by atoms with E-state index < -0.39 is 14.9 Å². The zero-order valence-corrected chi connectivity index (χ0v) is 16.5. The number of nitro benzene ring substituents is 1. The van der Waals surface area contributed by atoms with E-state index >= 15 is 0 Å². The van der Waals surface area contributed by atoms with Crippen molar-refractivity contribution >= 4 is 33.0 Å². The van der Waals surface area contributed by atoms with Gasteiger partial charge in [0.1, 0.15) is 0 Å². The summed E-state index contributed by atoms with van der Waals surface area (Å²) in [6, 6.07) is 18.8. The Kier molecular flexibility index (Phi) is 4.96. The van der Waals surface area contributed by atoms with Crippen LogP contribution in [0.3, 0.4) is 0 Å². The molecule has 0 atom stereocenters. The summed E-state index contributed by atoms with van der Waals surface area (Å²) in [7, 11) is -3.94. The summed E-state index contributed by atoms with van der Waals surface area (Å²) in [5.74, 6) is -0.139. The van der Waals surface area contributed by atoms with E-state index in [1.54, 1.807) is 35.2 Å². The minimum absolute atomic E-state index is 0.0294. The lowest BCUT2D eigenvalue weighted by Gasteiger charge is -2.17. The van der Waals surface area contributed by atoms with Gasteiger partial charge in [0.25, 0.3) is 21.6 Å². The van der Waals surface area contributed by atoms with Gasteiger partial charge in [-0.3, -0.25) is 19.6 Å². The third-order valence-electron chi connectivity index (χ3n) is 4.83. The van der Waals surface area contributed by atoms with Crippen molar-refractivity contribution in [3.63, 3.8) is 0 Å². The van der Waals surface area contributed by atoms with Crippen LogP contribution < -0.4 is 9.62 Å². The van der Waals surface area contributed by atoms with Gasteiger partial charge in [-0.25, -0.2) is 8.42 Å². The lowest BCUT2D eigenvalue weighted by molar-refractivity contribution is -0.384. The van der Waals surface area contributed by atoms with E-state index in [-0.39, 0.29) is 22.2 Å². The van der Waals surface area contributed by atoms with Crippen LogP contribution >= 0.6 is 0 Å². The van der Waals surface area contributed by atoms with Crippen molar-refractivity contribution in [1.82, 2.24) is 0 Å². The number of nitro groups is 1. The van der Waals surface area contributed by atoms with Crippen molar-refractivity contribution in [2.75, 3.05) is 16.2 Å². The number of carbonyl (C=O) groups excluding carboxylic acids is 1. The van der Waals surface area contributed by atoms with E-state index in [0.717, 1.165) is 11.6 Å². The molecular formula is C21H17N3O5S. The molecule has 0 saturated carbocycles. The maximum absolute atomic E-state index is 12.8. The van der Waals surface area contributed by atoms with Gasteiger partial charge < -0.3 is 4.90 Å². The Morgan fingerprint density at radius 2 is 1.77 bits per heavy atom. The van der Waals surface area contributed by atoms with Crippen molar-refractivity contribution in [2.45, 2.75) is 11.3 Å². The molecule has 1 aliphatic heterocycles. The van der Waals surface area contributed by atoms with Crippen LogP contribution in [0.1, 0.15) is 15.9 Å². The third kappa shape index (κ3) is 3.74. The van der Waals surface area contributed by atoms with Crippen molar-refractivity contribution in [3.8, 4) is 0 Å². The van der Waals surface area contributed by atoms with E-state index in [9.17, 15) is 23.3 Å². The second-order valence-electron chi connectivity index (χ2n) is 6.78. The molecule has 0 radical (unpaired) electrons. The quantitative estimate of drug-likeness (QED) is 0.498. The van der Waals surface area contributed by atoms with Gasteiger partial charge in [-0.2, -0.15) is 0 Å². The standard InChI is InChI=1S/C21H17N3O5S/c25-21(15-5-2-1-3-6-15)23-12-11-16-13-19(9-10-20(16)23)30(28,29)22-17-7-4-8-18(14-17)24(26)27/h1-10,13-14,22H,11-12H2. The van der Waals surface area contributed by atoms with E-state index in [4.69, 9.17) is 0 Å². The summed E-state index contributed by atoms with van der Waals surface area (Å²) in [6.07, 6.45) is 0.536. The number of fused-ring (bicyclic) bond motifs is 1. The molecule has 1 amide bonds. The number of anilines is 2. The molecule has 0 bridgehead atoms. The van der Waals surface area contributed by atoms with Gasteiger partial charge in [-0.15, -0.1) is 0 Å². The van der Waals surface area contributed by atoms with Crippen LogP contribution in [-0.2, 0) is 16.4 Å². The Morgan fingerprint density at radius 3 is 2.50 bits per heavy atom. The summed E-state index contributed by atoms with van der Waals surface area (Å²) in [5.41, 5.74) is 1.89. The van der Waals surface area contributed by atoms with Crippen LogP contribution in [0.15, 0.2) is 77.7 Å². The summed E-state index contributed by atoms with van der Waals surface area (Å²) in [5, 5.41) is 10.9. The van der Waals surface area contributed by atoms with E-state index in [1.165, 1.54) is 30.3 Å². The summed E-state index contributed by atoms with van der Waals surface area (Å²) < 4.78 is 27.9. The van der Waals surface area contributed by atoms with Crippen LogP contribution in [-0.4, -0.2) is 25.8 Å². The highest BCUT2D eigenvalue weighted by molar-refractivity contribution is 7.92. The van der Waals surface area contributed by atoms with E-state index in [0.29, 0.717) is 24.2 Å². The topological polar surface area (TPSA) is 110 Å². The van der Waals surface area contributed by atoms with E-state index in [1.807, 2.05) is 6.07 Å². The van der Waals surface area contributed by atoms with Gasteiger partial charge in [-0.1, -0.05) is 24.3 Å². The first-order valence-electron chi connectivity index (χ1n) is 9.12. The molecule has 3 aromatic carbocycles. The molecule has 0 aliphatic carbocycles. The maximum atomic E-state index is 12.8. The molecule has 0 spiro atoms. The first-order chi connectivity index (χ1) is 14.3. The highest BCUT2D eigenvalue weighted by Gasteiger charge is 2.27. The van der Waals surface area contributed by atoms with Crippen LogP contribution in [0.4, 0.5) is 17.1 Å². The van der Waals surface area contributed by atoms with Crippen LogP contribution in [0.5, 0.6) is 0 Å². The Bertz CT molecular complexity index is 1240. The monoisotopic (exact) mass is 423 g/mol. The van der Waals surface area contributed by atoms with Gasteiger partial charge in [0.2, 0.25) is 0 Å². The normalized spacial score (nSPS) is 13.0. The van der Waals surface area contributed by atoms with Crippen LogP contribution in [0.25, 0.3) is 0 Å². The number of hydrogen-bond donors (Lipinski definition) is 1. The zero-order valence-electron chi connectivity index (χ0n) is 15.7. The van der Waals surface area contributed by atoms with Gasteiger partial charge in [0.15, 0.2) is 0 Å². The number of nitrogens with one attached hydrogen (secondary N) is 1. The predicted octanol–water partition coefficient (Wildman–Crippen LogP) is 3.60. The largest absolute Gasteiger partial charge is 0.308 e. The van der Waals surface area contributed by atoms with Gasteiger partial charge in [0, 0.05) is 29.9 Å². The van der Waals surface area contributed by atoms with Crippen molar-refractivity contribution in [1.29, 1.82) is 0 Å². The molecule has 1 N–H and O–H groups in total. The molecule has 0 unspecified atom stereocenters. The number of sulfonamides is 1. The van der Waals surface area contributed by atoms with Crippen LogP contribution in [0, 0.1) is 10.1 Å². The van der Waals surface area contributed by atoms with Crippen molar-refractivity contribution in [3.05, 3.63) is 94.0 Å². The first kappa shape index (κ1) is 19.6. The maximum Gasteiger partial charge on any atom is 0.271 e. The fourth-order valence-electron chi connectivity index (χ4n) is 3.39. The van der Waals surface area contributed by atoms with E-state index in [2.05, 4.69) is 4.72 Å². The predicted molar refractivity (Wildman–Crippen MR) is 112 cm³/mol. The molecule has 9 heteroatoms. The van der Waals surface area contributed by atoms with Gasteiger partial charge >= 0.3 is 0 Å². The number of nitrogens with zero attached hydrogens (tertiary/aromatic N) is 2. The summed E-state index contributed by atoms with van der Waals surface area (Å²) >= 11 is 0. The van der Waals surface area contributed by atoms with Crippen molar-refractivity contribution in [2.24, 2.45) is 0 Å². The molecule has 1 heterocycles.